The number of hydrogen-bond donors (Lipinski definition) is 1. The molecule has 0 radical (unpaired) electrons. The highest BCUT2D eigenvalue weighted by atomic mass is 32.2. The number of hydrogen-bond acceptors (Lipinski definition) is 6. The van der Waals surface area contributed by atoms with E-state index in [1.807, 2.05) is 0 Å². The molecule has 0 aliphatic carbocycles. The number of nitrogens with one attached hydrogen (secondary N) is 1. The Labute approximate surface area is 207 Å². The zero-order valence-electron chi connectivity index (χ0n) is 20.2. The Morgan fingerprint density at radius 3 is 2.62 bits per heavy atom. The van der Waals surface area contributed by atoms with E-state index in [1.54, 1.807) is 18.2 Å². The highest BCUT2D eigenvalue weighted by Crippen LogP contribution is 2.37. The van der Waals surface area contributed by atoms with Crippen LogP contribution in [-0.4, -0.2) is 80.5 Å². The van der Waals surface area contributed by atoms with E-state index < -0.39 is 10.0 Å². The van der Waals surface area contributed by atoms with Crippen molar-refractivity contribution >= 4 is 39.3 Å². The van der Waals surface area contributed by atoms with E-state index in [1.165, 1.54) is 40.2 Å². The minimum Gasteiger partial charge on any atom is -0.353 e. The van der Waals surface area contributed by atoms with Crippen molar-refractivity contribution in [3.05, 3.63) is 18.2 Å². The van der Waals surface area contributed by atoms with Crippen LogP contribution in [0.4, 0.5) is 5.69 Å². The summed E-state index contributed by atoms with van der Waals surface area (Å²) in [6, 6.07) is 5.47. The van der Waals surface area contributed by atoms with Crippen LogP contribution < -0.4 is 10.2 Å². The van der Waals surface area contributed by atoms with Crippen LogP contribution in [0.15, 0.2) is 28.0 Å². The molecule has 0 saturated carbocycles. The number of carbonyl (C=O) groups is 2. The minimum atomic E-state index is -3.64. The first-order chi connectivity index (χ1) is 16.3. The van der Waals surface area contributed by atoms with Crippen molar-refractivity contribution in [2.24, 2.45) is 5.92 Å². The predicted octanol–water partition coefficient (Wildman–Crippen LogP) is 2.54. The number of rotatable bonds is 7. The lowest BCUT2D eigenvalue weighted by Gasteiger charge is -2.33. The number of likely N-dealkylation sites (tertiary alicyclic amines) is 1. The summed E-state index contributed by atoms with van der Waals surface area (Å²) in [6.45, 7) is 7.66. The minimum absolute atomic E-state index is 0.104. The number of fused-ring (bicyclic) bond motifs is 1. The summed E-state index contributed by atoms with van der Waals surface area (Å²) in [6.07, 6.45) is 5.33. The van der Waals surface area contributed by atoms with Crippen LogP contribution in [0, 0.1) is 5.92 Å². The summed E-state index contributed by atoms with van der Waals surface area (Å²) in [4.78, 5) is 30.2. The Kier molecular flexibility index (Phi) is 8.22. The van der Waals surface area contributed by atoms with Crippen molar-refractivity contribution in [3.8, 4) is 0 Å². The standard InChI is InChI=1S/C24H36N4O4S2/c1-18-8-12-27(13-9-18)34(31,32)20-6-7-22-21(15-20)28(24(30)17-33-22)16-23(29)25-10-14-26-11-4-3-5-19(26)2/h6-7,15,18-19H,3-5,8-14,16-17H2,1-2H3,(H,25,29). The molecule has 2 amide bonds. The number of nitrogens with zero attached hydrogens (tertiary/aromatic N) is 3. The molecule has 2 fully saturated rings. The third-order valence-electron chi connectivity index (χ3n) is 7.22. The molecule has 0 spiro atoms. The van der Waals surface area contributed by atoms with Gasteiger partial charge in [0, 0.05) is 37.1 Å². The van der Waals surface area contributed by atoms with E-state index in [-0.39, 0.29) is 29.0 Å². The number of benzene rings is 1. The SMILES string of the molecule is CC1CCN(S(=O)(=O)c2ccc3c(c2)N(CC(=O)NCCN2CCCCC2C)C(=O)CS3)CC1. The summed E-state index contributed by atoms with van der Waals surface area (Å²) in [5.41, 5.74) is 0.507. The van der Waals surface area contributed by atoms with Crippen molar-refractivity contribution in [2.45, 2.75) is 61.8 Å². The molecule has 0 bridgehead atoms. The van der Waals surface area contributed by atoms with E-state index in [0.29, 0.717) is 37.3 Å². The van der Waals surface area contributed by atoms with Gasteiger partial charge in [0.15, 0.2) is 0 Å². The zero-order chi connectivity index (χ0) is 24.3. The van der Waals surface area contributed by atoms with E-state index in [2.05, 4.69) is 24.1 Å². The molecule has 3 heterocycles. The van der Waals surface area contributed by atoms with E-state index in [9.17, 15) is 18.0 Å². The number of carbonyl (C=O) groups excluding carboxylic acids is 2. The van der Waals surface area contributed by atoms with Crippen LogP contribution in [0.2, 0.25) is 0 Å². The van der Waals surface area contributed by atoms with Crippen molar-refractivity contribution in [2.75, 3.05) is 49.9 Å². The molecule has 3 aliphatic rings. The number of thioether (sulfide) groups is 1. The van der Waals surface area contributed by atoms with Gasteiger partial charge < -0.3 is 10.2 Å². The highest BCUT2D eigenvalue weighted by molar-refractivity contribution is 8.00. The number of amides is 2. The van der Waals surface area contributed by atoms with Gasteiger partial charge in [-0.15, -0.1) is 11.8 Å². The second-order valence-corrected chi connectivity index (χ2v) is 12.7. The maximum absolute atomic E-state index is 13.2. The Morgan fingerprint density at radius 1 is 1.12 bits per heavy atom. The molecule has 2 saturated heterocycles. The largest absolute Gasteiger partial charge is 0.353 e. The summed E-state index contributed by atoms with van der Waals surface area (Å²) in [5, 5.41) is 2.94. The molecule has 1 atom stereocenters. The van der Waals surface area contributed by atoms with E-state index in [0.717, 1.165) is 30.8 Å². The van der Waals surface area contributed by atoms with Crippen LogP contribution >= 0.6 is 11.8 Å². The van der Waals surface area contributed by atoms with E-state index in [4.69, 9.17) is 0 Å². The molecule has 1 N–H and O–H groups in total. The second-order valence-electron chi connectivity index (χ2n) is 9.72. The third kappa shape index (κ3) is 5.78. The van der Waals surface area contributed by atoms with Crippen LogP contribution in [0.1, 0.15) is 46.0 Å². The molecule has 1 aromatic rings. The topological polar surface area (TPSA) is 90.0 Å². The lowest BCUT2D eigenvalue weighted by Crippen LogP contribution is -2.46. The molecule has 34 heavy (non-hydrogen) atoms. The van der Waals surface area contributed by atoms with Gasteiger partial charge in [0.25, 0.3) is 0 Å². The molecule has 188 valence electrons. The van der Waals surface area contributed by atoms with E-state index >= 15 is 0 Å². The van der Waals surface area contributed by atoms with Gasteiger partial charge in [-0.05, 0) is 63.3 Å². The van der Waals surface area contributed by atoms with Crippen molar-refractivity contribution < 1.29 is 18.0 Å². The molecular formula is C24H36N4O4S2. The van der Waals surface area contributed by atoms with Crippen LogP contribution in [0.25, 0.3) is 0 Å². The quantitative estimate of drug-likeness (QED) is 0.609. The van der Waals surface area contributed by atoms with Gasteiger partial charge in [-0.25, -0.2) is 8.42 Å². The zero-order valence-corrected chi connectivity index (χ0v) is 21.8. The molecule has 10 heteroatoms. The van der Waals surface area contributed by atoms with Crippen molar-refractivity contribution in [3.63, 3.8) is 0 Å². The summed E-state index contributed by atoms with van der Waals surface area (Å²) >= 11 is 1.38. The molecular weight excluding hydrogens is 472 g/mol. The average molecular weight is 509 g/mol. The number of sulfonamides is 1. The Bertz CT molecular complexity index is 1010. The van der Waals surface area contributed by atoms with Gasteiger partial charge in [0.2, 0.25) is 21.8 Å². The molecule has 1 unspecified atom stereocenters. The van der Waals surface area contributed by atoms with Crippen LogP contribution in [0.3, 0.4) is 0 Å². The lowest BCUT2D eigenvalue weighted by molar-refractivity contribution is -0.123. The summed E-state index contributed by atoms with van der Waals surface area (Å²) < 4.78 is 28.0. The van der Waals surface area contributed by atoms with Gasteiger partial charge in [-0.3, -0.25) is 14.5 Å². The first kappa shape index (κ1) is 25.5. The summed E-state index contributed by atoms with van der Waals surface area (Å²) in [7, 11) is -3.64. The van der Waals surface area contributed by atoms with Crippen LogP contribution in [-0.2, 0) is 19.6 Å². The molecule has 8 nitrogen and oxygen atoms in total. The monoisotopic (exact) mass is 508 g/mol. The first-order valence-electron chi connectivity index (χ1n) is 12.3. The second kappa shape index (κ2) is 11.0. The lowest BCUT2D eigenvalue weighted by atomic mass is 10.0. The van der Waals surface area contributed by atoms with Crippen molar-refractivity contribution in [1.82, 2.24) is 14.5 Å². The fourth-order valence-corrected chi connectivity index (χ4v) is 7.32. The number of anilines is 1. The Hall–Kier alpha value is -1.62. The molecule has 1 aromatic carbocycles. The van der Waals surface area contributed by atoms with Gasteiger partial charge in [0.05, 0.1) is 16.3 Å². The number of piperidine rings is 2. The molecule has 4 rings (SSSR count). The van der Waals surface area contributed by atoms with Crippen LogP contribution in [0.5, 0.6) is 0 Å². The van der Waals surface area contributed by atoms with Gasteiger partial charge in [-0.1, -0.05) is 13.3 Å². The van der Waals surface area contributed by atoms with Crippen molar-refractivity contribution in [1.29, 1.82) is 0 Å². The molecule has 0 aromatic heterocycles. The smallest absolute Gasteiger partial charge is 0.243 e. The average Bonchev–Trinajstić information content (AvgIpc) is 2.82. The fraction of sp³-hybridized carbons (Fsp3) is 0.667. The highest BCUT2D eigenvalue weighted by Gasteiger charge is 2.32. The normalized spacial score (nSPS) is 23.1. The summed E-state index contributed by atoms with van der Waals surface area (Å²) in [5.74, 6) is 0.353. The Morgan fingerprint density at radius 2 is 1.88 bits per heavy atom. The fourth-order valence-electron chi connectivity index (χ4n) is 4.92. The van der Waals surface area contributed by atoms with Gasteiger partial charge >= 0.3 is 0 Å². The molecule has 3 aliphatic heterocycles. The van der Waals surface area contributed by atoms with Gasteiger partial charge in [-0.2, -0.15) is 4.31 Å². The van der Waals surface area contributed by atoms with Gasteiger partial charge in [0.1, 0.15) is 6.54 Å². The first-order valence-corrected chi connectivity index (χ1v) is 14.8. The maximum atomic E-state index is 13.2. The Balaban J connectivity index is 1.43. The third-order valence-corrected chi connectivity index (χ3v) is 10.2. The predicted molar refractivity (Wildman–Crippen MR) is 135 cm³/mol. The maximum Gasteiger partial charge on any atom is 0.243 e.